The predicted molar refractivity (Wildman–Crippen MR) is 83.6 cm³/mol. The lowest BCUT2D eigenvalue weighted by molar-refractivity contribution is 0.378. The number of benzene rings is 1. The van der Waals surface area contributed by atoms with Crippen LogP contribution in [0.2, 0.25) is 5.02 Å². The van der Waals surface area contributed by atoms with Crippen LogP contribution >= 0.6 is 11.6 Å². The van der Waals surface area contributed by atoms with Gasteiger partial charge in [-0.2, -0.15) is 9.97 Å². The first-order valence-corrected chi connectivity index (χ1v) is 7.32. The average molecular weight is 305 g/mol. The molecule has 1 aromatic heterocycles. The molecule has 5 nitrogen and oxygen atoms in total. The van der Waals surface area contributed by atoms with Gasteiger partial charge in [0.1, 0.15) is 5.82 Å². The number of halogens is 1. The van der Waals surface area contributed by atoms with Crippen LogP contribution < -0.4 is 15.4 Å². The predicted octanol–water partition coefficient (Wildman–Crippen LogP) is 2.57. The zero-order valence-corrected chi connectivity index (χ0v) is 12.6. The van der Waals surface area contributed by atoms with Gasteiger partial charge in [-0.3, -0.25) is 0 Å². The quantitative estimate of drug-likeness (QED) is 0.912. The number of methoxy groups -OCH3 is 1. The summed E-state index contributed by atoms with van der Waals surface area (Å²) in [5.41, 5.74) is 2.99. The van der Waals surface area contributed by atoms with E-state index in [0.717, 1.165) is 48.7 Å². The van der Waals surface area contributed by atoms with Crippen LogP contribution in [0.25, 0.3) is 0 Å². The second-order valence-electron chi connectivity index (χ2n) is 4.84. The van der Waals surface area contributed by atoms with E-state index in [1.807, 2.05) is 24.3 Å². The van der Waals surface area contributed by atoms with E-state index in [-0.39, 0.29) is 0 Å². The van der Waals surface area contributed by atoms with Gasteiger partial charge >= 0.3 is 6.01 Å². The normalized spacial score (nSPS) is 14.2. The number of hydrogen-bond donors (Lipinski definition) is 2. The van der Waals surface area contributed by atoms with Crippen LogP contribution in [0, 0.1) is 0 Å². The molecule has 0 saturated carbocycles. The zero-order chi connectivity index (χ0) is 14.7. The molecule has 0 atom stereocenters. The molecule has 1 aliphatic heterocycles. The highest BCUT2D eigenvalue weighted by molar-refractivity contribution is 6.33. The van der Waals surface area contributed by atoms with Crippen LogP contribution in [0.15, 0.2) is 24.3 Å². The van der Waals surface area contributed by atoms with Crippen molar-refractivity contribution in [2.24, 2.45) is 0 Å². The number of ether oxygens (including phenoxy) is 1. The maximum atomic E-state index is 6.21. The first kappa shape index (κ1) is 14.1. The second-order valence-corrected chi connectivity index (χ2v) is 5.25. The van der Waals surface area contributed by atoms with E-state index in [1.54, 1.807) is 7.11 Å². The molecular weight excluding hydrogens is 288 g/mol. The Morgan fingerprint density at radius 3 is 2.81 bits per heavy atom. The molecule has 2 N–H and O–H groups in total. The highest BCUT2D eigenvalue weighted by atomic mass is 35.5. The Morgan fingerprint density at radius 2 is 2.00 bits per heavy atom. The van der Waals surface area contributed by atoms with Crippen LogP contribution in [0.3, 0.4) is 0 Å². The molecule has 3 rings (SSSR count). The van der Waals surface area contributed by atoms with Gasteiger partial charge in [-0.25, -0.2) is 0 Å². The Balaban J connectivity index is 2.02. The Labute approximate surface area is 128 Å². The molecule has 0 bridgehead atoms. The number of nitrogens with zero attached hydrogens (tertiary/aromatic N) is 2. The molecule has 1 aromatic carbocycles. The van der Waals surface area contributed by atoms with E-state index in [0.29, 0.717) is 11.0 Å². The second kappa shape index (κ2) is 6.28. The fourth-order valence-corrected chi connectivity index (χ4v) is 2.59. The summed E-state index contributed by atoms with van der Waals surface area (Å²) in [5.74, 6) is 0.772. The van der Waals surface area contributed by atoms with E-state index in [2.05, 4.69) is 20.6 Å². The van der Waals surface area contributed by atoms with Crippen molar-refractivity contribution < 1.29 is 4.74 Å². The van der Waals surface area contributed by atoms with Crippen LogP contribution in [0.4, 0.5) is 11.5 Å². The van der Waals surface area contributed by atoms with Crippen molar-refractivity contribution in [3.05, 3.63) is 40.5 Å². The van der Waals surface area contributed by atoms with Crippen molar-refractivity contribution in [2.45, 2.75) is 12.8 Å². The number of aromatic nitrogens is 2. The third kappa shape index (κ3) is 3.09. The topological polar surface area (TPSA) is 59.1 Å². The highest BCUT2D eigenvalue weighted by Gasteiger charge is 2.17. The highest BCUT2D eigenvalue weighted by Crippen LogP contribution is 2.28. The minimum Gasteiger partial charge on any atom is -0.467 e. The van der Waals surface area contributed by atoms with Crippen LogP contribution in [0.1, 0.15) is 11.3 Å². The van der Waals surface area contributed by atoms with E-state index >= 15 is 0 Å². The summed E-state index contributed by atoms with van der Waals surface area (Å²) in [5, 5.41) is 7.35. The van der Waals surface area contributed by atoms with E-state index in [9.17, 15) is 0 Å². The van der Waals surface area contributed by atoms with Crippen LogP contribution in [-0.2, 0) is 12.8 Å². The largest absolute Gasteiger partial charge is 0.467 e. The Hall–Kier alpha value is -1.85. The molecule has 110 valence electrons. The van der Waals surface area contributed by atoms with Crippen molar-refractivity contribution in [3.63, 3.8) is 0 Å². The summed E-state index contributed by atoms with van der Waals surface area (Å²) < 4.78 is 5.21. The van der Waals surface area contributed by atoms with Crippen molar-refractivity contribution in [1.29, 1.82) is 0 Å². The number of para-hydroxylation sites is 1. The third-order valence-corrected chi connectivity index (χ3v) is 3.80. The monoisotopic (exact) mass is 304 g/mol. The lowest BCUT2D eigenvalue weighted by atomic mass is 10.1. The lowest BCUT2D eigenvalue weighted by Gasteiger charge is -2.14. The van der Waals surface area contributed by atoms with Crippen molar-refractivity contribution in [3.8, 4) is 6.01 Å². The molecule has 0 radical (unpaired) electrons. The first-order chi connectivity index (χ1) is 10.3. The van der Waals surface area contributed by atoms with Crippen LogP contribution in [0.5, 0.6) is 6.01 Å². The number of nitrogens with one attached hydrogen (secondary N) is 2. The summed E-state index contributed by atoms with van der Waals surface area (Å²) in [6.45, 7) is 1.83. The van der Waals surface area contributed by atoms with Gasteiger partial charge in [0.25, 0.3) is 0 Å². The number of rotatable bonds is 3. The molecule has 2 heterocycles. The molecule has 2 aromatic rings. The van der Waals surface area contributed by atoms with Gasteiger partial charge in [-0.1, -0.05) is 23.7 Å². The fraction of sp³-hybridized carbons (Fsp3) is 0.333. The number of hydrogen-bond acceptors (Lipinski definition) is 5. The number of fused-ring (bicyclic) bond motifs is 1. The van der Waals surface area contributed by atoms with Gasteiger partial charge < -0.3 is 15.4 Å². The van der Waals surface area contributed by atoms with Gasteiger partial charge in [0.2, 0.25) is 0 Å². The summed E-state index contributed by atoms with van der Waals surface area (Å²) in [6.07, 6.45) is 1.75. The Bertz CT molecular complexity index is 648. The first-order valence-electron chi connectivity index (χ1n) is 6.94. The van der Waals surface area contributed by atoms with Gasteiger partial charge in [0.05, 0.1) is 23.5 Å². The van der Waals surface area contributed by atoms with Crippen molar-refractivity contribution in [1.82, 2.24) is 15.3 Å². The SMILES string of the molecule is COc1nc2c(c(Nc3ccccc3Cl)n1)CCNCC2. The summed E-state index contributed by atoms with van der Waals surface area (Å²) >= 11 is 6.21. The van der Waals surface area contributed by atoms with Gasteiger partial charge in [0.15, 0.2) is 0 Å². The van der Waals surface area contributed by atoms with Gasteiger partial charge in [0, 0.05) is 18.5 Å². The zero-order valence-electron chi connectivity index (χ0n) is 11.8. The minimum absolute atomic E-state index is 0.380. The van der Waals surface area contributed by atoms with Gasteiger partial charge in [-0.05, 0) is 25.1 Å². The summed E-state index contributed by atoms with van der Waals surface area (Å²) in [7, 11) is 1.58. The van der Waals surface area contributed by atoms with Crippen molar-refractivity contribution in [2.75, 3.05) is 25.5 Å². The standard InChI is InChI=1S/C15H17ClN4O/c1-21-15-19-12-7-9-17-8-6-10(12)14(20-15)18-13-5-3-2-4-11(13)16/h2-5,17H,6-9H2,1H3,(H,18,19,20). The van der Waals surface area contributed by atoms with Crippen molar-refractivity contribution >= 4 is 23.1 Å². The molecule has 21 heavy (non-hydrogen) atoms. The van der Waals surface area contributed by atoms with E-state index in [1.165, 1.54) is 0 Å². The smallest absolute Gasteiger partial charge is 0.318 e. The molecule has 0 amide bonds. The minimum atomic E-state index is 0.380. The van der Waals surface area contributed by atoms with Crippen LogP contribution in [-0.4, -0.2) is 30.2 Å². The molecule has 0 aliphatic carbocycles. The molecule has 0 unspecified atom stereocenters. The molecule has 0 spiro atoms. The lowest BCUT2D eigenvalue weighted by Crippen LogP contribution is -2.16. The van der Waals surface area contributed by atoms with E-state index in [4.69, 9.17) is 16.3 Å². The molecule has 6 heteroatoms. The maximum absolute atomic E-state index is 6.21. The molecule has 0 fully saturated rings. The van der Waals surface area contributed by atoms with E-state index < -0.39 is 0 Å². The molecule has 1 aliphatic rings. The number of anilines is 2. The fourth-order valence-electron chi connectivity index (χ4n) is 2.41. The molecule has 0 saturated heterocycles. The Kier molecular flexibility index (Phi) is 4.22. The Morgan fingerprint density at radius 1 is 1.19 bits per heavy atom. The summed E-state index contributed by atoms with van der Waals surface area (Å²) in [4.78, 5) is 8.92. The maximum Gasteiger partial charge on any atom is 0.318 e. The molecular formula is C15H17ClN4O. The average Bonchev–Trinajstić information content (AvgIpc) is 2.74. The third-order valence-electron chi connectivity index (χ3n) is 3.47. The summed E-state index contributed by atoms with van der Waals surface area (Å²) in [6, 6.07) is 8.00. The van der Waals surface area contributed by atoms with Gasteiger partial charge in [-0.15, -0.1) is 0 Å².